The Hall–Kier alpha value is -1.87. The molecule has 0 saturated carbocycles. The van der Waals surface area contributed by atoms with E-state index in [2.05, 4.69) is 6.92 Å². The SMILES string of the molecule is CCCCCSc1ccc(C(=O)/C=C/c2cccc(F)c2)cc1. The summed E-state index contributed by atoms with van der Waals surface area (Å²) in [5.74, 6) is 0.737. The average Bonchev–Trinajstić information content (AvgIpc) is 2.57. The van der Waals surface area contributed by atoms with Gasteiger partial charge in [-0.1, -0.05) is 38.0 Å². The highest BCUT2D eigenvalue weighted by Crippen LogP contribution is 2.20. The van der Waals surface area contributed by atoms with Crippen LogP contribution in [0.2, 0.25) is 0 Å². The monoisotopic (exact) mass is 328 g/mol. The lowest BCUT2D eigenvalue weighted by molar-refractivity contribution is 0.104. The zero-order chi connectivity index (χ0) is 16.5. The molecule has 120 valence electrons. The maximum atomic E-state index is 13.1. The Bertz CT molecular complexity index is 662. The summed E-state index contributed by atoms with van der Waals surface area (Å²) in [6, 6.07) is 13.9. The molecule has 1 nitrogen and oxygen atoms in total. The molecule has 0 heterocycles. The molecule has 2 aromatic rings. The van der Waals surface area contributed by atoms with Gasteiger partial charge >= 0.3 is 0 Å². The Labute approximate surface area is 141 Å². The number of hydrogen-bond donors (Lipinski definition) is 0. The second-order valence-corrected chi connectivity index (χ2v) is 6.50. The van der Waals surface area contributed by atoms with Crippen molar-refractivity contribution in [2.45, 2.75) is 31.1 Å². The Morgan fingerprint density at radius 3 is 2.61 bits per heavy atom. The lowest BCUT2D eigenvalue weighted by Crippen LogP contribution is -1.93. The van der Waals surface area contributed by atoms with Crippen molar-refractivity contribution in [1.29, 1.82) is 0 Å². The maximum absolute atomic E-state index is 13.1. The Kier molecular flexibility index (Phi) is 7.08. The smallest absolute Gasteiger partial charge is 0.185 e. The summed E-state index contributed by atoms with van der Waals surface area (Å²) in [4.78, 5) is 13.3. The summed E-state index contributed by atoms with van der Waals surface area (Å²) >= 11 is 1.82. The van der Waals surface area contributed by atoms with Gasteiger partial charge in [-0.3, -0.25) is 4.79 Å². The summed E-state index contributed by atoms with van der Waals surface area (Å²) in [6.07, 6.45) is 6.83. The number of rotatable bonds is 8. The predicted octanol–water partition coefficient (Wildman–Crippen LogP) is 6.00. The molecular weight excluding hydrogens is 307 g/mol. The van der Waals surface area contributed by atoms with Crippen LogP contribution < -0.4 is 0 Å². The standard InChI is InChI=1S/C20H21FOS/c1-2-3-4-14-23-19-11-9-17(10-12-19)20(22)13-8-16-6-5-7-18(21)15-16/h5-13,15H,2-4,14H2,1H3/b13-8+. The molecule has 0 aliphatic carbocycles. The van der Waals surface area contributed by atoms with E-state index in [0.717, 1.165) is 5.75 Å². The fraction of sp³-hybridized carbons (Fsp3) is 0.250. The molecule has 0 saturated heterocycles. The second kappa shape index (κ2) is 9.31. The van der Waals surface area contributed by atoms with Crippen molar-refractivity contribution in [2.24, 2.45) is 0 Å². The first-order valence-corrected chi connectivity index (χ1v) is 8.88. The number of carbonyl (C=O) groups excluding carboxylic acids is 1. The number of thioether (sulfide) groups is 1. The van der Waals surface area contributed by atoms with E-state index in [4.69, 9.17) is 0 Å². The summed E-state index contributed by atoms with van der Waals surface area (Å²) < 4.78 is 13.1. The van der Waals surface area contributed by atoms with E-state index in [9.17, 15) is 9.18 Å². The molecule has 0 atom stereocenters. The molecule has 0 spiro atoms. The first kappa shape index (κ1) is 17.5. The fourth-order valence-electron chi connectivity index (χ4n) is 2.14. The van der Waals surface area contributed by atoms with Gasteiger partial charge in [0.05, 0.1) is 0 Å². The van der Waals surface area contributed by atoms with Crippen LogP contribution in [-0.2, 0) is 0 Å². The van der Waals surface area contributed by atoms with Gasteiger partial charge in [-0.25, -0.2) is 4.39 Å². The highest BCUT2D eigenvalue weighted by Gasteiger charge is 2.02. The third kappa shape index (κ3) is 6.03. The fourth-order valence-corrected chi connectivity index (χ4v) is 3.05. The van der Waals surface area contributed by atoms with Crippen LogP contribution >= 0.6 is 11.8 Å². The first-order valence-electron chi connectivity index (χ1n) is 7.90. The van der Waals surface area contributed by atoms with E-state index in [0.29, 0.717) is 11.1 Å². The molecule has 23 heavy (non-hydrogen) atoms. The zero-order valence-corrected chi connectivity index (χ0v) is 14.1. The number of unbranched alkanes of at least 4 members (excludes halogenated alkanes) is 2. The van der Waals surface area contributed by atoms with Crippen molar-refractivity contribution < 1.29 is 9.18 Å². The molecule has 0 amide bonds. The lowest BCUT2D eigenvalue weighted by atomic mass is 10.1. The highest BCUT2D eigenvalue weighted by molar-refractivity contribution is 7.99. The van der Waals surface area contributed by atoms with E-state index in [-0.39, 0.29) is 11.6 Å². The van der Waals surface area contributed by atoms with Gasteiger partial charge in [-0.2, -0.15) is 0 Å². The molecule has 2 rings (SSSR count). The third-order valence-corrected chi connectivity index (χ3v) is 4.53. The largest absolute Gasteiger partial charge is 0.289 e. The van der Waals surface area contributed by atoms with Crippen LogP contribution in [0.1, 0.15) is 42.1 Å². The zero-order valence-electron chi connectivity index (χ0n) is 13.3. The Morgan fingerprint density at radius 1 is 1.13 bits per heavy atom. The summed E-state index contributed by atoms with van der Waals surface area (Å²) in [5, 5.41) is 0. The van der Waals surface area contributed by atoms with E-state index < -0.39 is 0 Å². The van der Waals surface area contributed by atoms with Gasteiger partial charge < -0.3 is 0 Å². The summed E-state index contributed by atoms with van der Waals surface area (Å²) in [5.41, 5.74) is 1.33. The quantitative estimate of drug-likeness (QED) is 0.256. The molecular formula is C20H21FOS. The molecule has 3 heteroatoms. The molecule has 0 bridgehead atoms. The van der Waals surface area contributed by atoms with Crippen LogP contribution in [0.4, 0.5) is 4.39 Å². The molecule has 0 N–H and O–H groups in total. The van der Waals surface area contributed by atoms with Crippen LogP contribution in [0.3, 0.4) is 0 Å². The van der Waals surface area contributed by atoms with Crippen molar-refractivity contribution in [1.82, 2.24) is 0 Å². The van der Waals surface area contributed by atoms with Gasteiger partial charge in [-0.05, 0) is 60.2 Å². The third-order valence-electron chi connectivity index (χ3n) is 3.43. The number of benzene rings is 2. The predicted molar refractivity (Wildman–Crippen MR) is 96.5 cm³/mol. The van der Waals surface area contributed by atoms with Crippen LogP contribution in [0.25, 0.3) is 6.08 Å². The van der Waals surface area contributed by atoms with Crippen LogP contribution in [0, 0.1) is 5.82 Å². The number of allylic oxidation sites excluding steroid dienone is 1. The van der Waals surface area contributed by atoms with Crippen molar-refractivity contribution in [3.63, 3.8) is 0 Å². The molecule has 2 aromatic carbocycles. The number of carbonyl (C=O) groups is 1. The topological polar surface area (TPSA) is 17.1 Å². The maximum Gasteiger partial charge on any atom is 0.185 e. The minimum Gasteiger partial charge on any atom is -0.289 e. The molecule has 0 aliphatic rings. The van der Waals surface area contributed by atoms with Gasteiger partial charge in [0.1, 0.15) is 5.82 Å². The molecule has 0 fully saturated rings. The Balaban J connectivity index is 1.92. The van der Waals surface area contributed by atoms with Crippen molar-refractivity contribution in [3.8, 4) is 0 Å². The molecule has 0 radical (unpaired) electrons. The number of halogens is 1. The molecule has 0 aliphatic heterocycles. The molecule has 0 unspecified atom stereocenters. The van der Waals surface area contributed by atoms with Crippen molar-refractivity contribution in [3.05, 3.63) is 71.6 Å². The van der Waals surface area contributed by atoms with Crippen LogP contribution in [0.15, 0.2) is 59.5 Å². The summed E-state index contributed by atoms with van der Waals surface area (Å²) in [6.45, 7) is 2.20. The van der Waals surface area contributed by atoms with Gasteiger partial charge in [0.2, 0.25) is 0 Å². The Morgan fingerprint density at radius 2 is 1.91 bits per heavy atom. The normalized spacial score (nSPS) is 11.0. The average molecular weight is 328 g/mol. The number of hydrogen-bond acceptors (Lipinski definition) is 2. The van der Waals surface area contributed by atoms with E-state index in [1.54, 1.807) is 18.2 Å². The van der Waals surface area contributed by atoms with Crippen LogP contribution in [-0.4, -0.2) is 11.5 Å². The van der Waals surface area contributed by atoms with Crippen molar-refractivity contribution >= 4 is 23.6 Å². The minimum absolute atomic E-state index is 0.0724. The first-order chi connectivity index (χ1) is 11.2. The number of ketones is 1. The second-order valence-electron chi connectivity index (χ2n) is 5.33. The summed E-state index contributed by atoms with van der Waals surface area (Å²) in [7, 11) is 0. The van der Waals surface area contributed by atoms with Crippen LogP contribution in [0.5, 0.6) is 0 Å². The van der Waals surface area contributed by atoms with E-state index in [1.165, 1.54) is 42.4 Å². The van der Waals surface area contributed by atoms with Gasteiger partial charge in [0, 0.05) is 10.5 Å². The minimum atomic E-state index is -0.302. The highest BCUT2D eigenvalue weighted by atomic mass is 32.2. The van der Waals surface area contributed by atoms with Crippen molar-refractivity contribution in [2.75, 3.05) is 5.75 Å². The molecule has 0 aromatic heterocycles. The lowest BCUT2D eigenvalue weighted by Gasteiger charge is -2.02. The van der Waals surface area contributed by atoms with Gasteiger partial charge in [0.25, 0.3) is 0 Å². The van der Waals surface area contributed by atoms with E-state index >= 15 is 0 Å². The van der Waals surface area contributed by atoms with Gasteiger partial charge in [0.15, 0.2) is 5.78 Å². The van der Waals surface area contributed by atoms with Gasteiger partial charge in [-0.15, -0.1) is 11.8 Å². The van der Waals surface area contributed by atoms with E-state index in [1.807, 2.05) is 36.0 Å².